The highest BCUT2D eigenvalue weighted by Gasteiger charge is 2.56. The van der Waals surface area contributed by atoms with Gasteiger partial charge in [-0.1, -0.05) is 41.0 Å². The van der Waals surface area contributed by atoms with Gasteiger partial charge in [0.2, 0.25) is 0 Å². The third-order valence-electron chi connectivity index (χ3n) is 5.11. The van der Waals surface area contributed by atoms with Crippen LogP contribution in [-0.2, 0) is 4.74 Å². The monoisotopic (exact) mass is 240 g/mol. The normalized spacial score (nSPS) is 37.8. The molecule has 4 unspecified atom stereocenters. The molecule has 0 aromatic carbocycles. The van der Waals surface area contributed by atoms with Crippen LogP contribution in [0.3, 0.4) is 0 Å². The molecule has 17 heavy (non-hydrogen) atoms. The molecule has 3 aliphatic carbocycles. The fraction of sp³-hybridized carbons (Fsp3) is 1.00. The molecule has 0 heterocycles. The van der Waals surface area contributed by atoms with Gasteiger partial charge in [0, 0.05) is 13.7 Å². The van der Waals surface area contributed by atoms with E-state index in [1.54, 1.807) is 0 Å². The van der Waals surface area contributed by atoms with Crippen LogP contribution in [0.1, 0.15) is 60.3 Å². The van der Waals surface area contributed by atoms with Crippen molar-refractivity contribution in [3.8, 4) is 0 Å². The van der Waals surface area contributed by atoms with Crippen molar-refractivity contribution in [2.24, 2.45) is 29.1 Å². The zero-order valence-electron chi connectivity index (χ0n) is 12.8. The summed E-state index contributed by atoms with van der Waals surface area (Å²) < 4.78 is 5.23. The Kier molecular flexibility index (Phi) is 5.50. The largest absolute Gasteiger partial charge is 0.385 e. The summed E-state index contributed by atoms with van der Waals surface area (Å²) >= 11 is 0. The lowest BCUT2D eigenvalue weighted by atomic mass is 9.43. The molecule has 0 aliphatic heterocycles. The van der Waals surface area contributed by atoms with Gasteiger partial charge in [-0.3, -0.25) is 0 Å². The first-order valence-electron chi connectivity index (χ1n) is 7.47. The molecule has 4 atom stereocenters. The molecule has 1 heteroatoms. The standard InChI is InChI=1S/C13H24O.C3H8/c1-9-7-10-8-12(13(10,2)3)11(9)5-6-14-4;1-3-2/h9-12H,5-8H2,1-4H3;3H2,1-2H3. The Labute approximate surface area is 108 Å². The first-order chi connectivity index (χ1) is 7.98. The van der Waals surface area contributed by atoms with Crippen molar-refractivity contribution in [1.29, 1.82) is 0 Å². The van der Waals surface area contributed by atoms with Crippen LogP contribution >= 0.6 is 0 Å². The summed E-state index contributed by atoms with van der Waals surface area (Å²) in [7, 11) is 1.82. The van der Waals surface area contributed by atoms with E-state index in [-0.39, 0.29) is 0 Å². The van der Waals surface area contributed by atoms with Crippen LogP contribution in [-0.4, -0.2) is 13.7 Å². The second kappa shape index (κ2) is 6.22. The lowest BCUT2D eigenvalue weighted by Crippen LogP contribution is -2.55. The SMILES string of the molecule is CCC.COCCC1C(C)CC2CC1C2(C)C. The Bertz CT molecular complexity index is 222. The van der Waals surface area contributed by atoms with Crippen LogP contribution in [0.25, 0.3) is 0 Å². The van der Waals surface area contributed by atoms with Gasteiger partial charge in [0.25, 0.3) is 0 Å². The van der Waals surface area contributed by atoms with Crippen molar-refractivity contribution in [3.63, 3.8) is 0 Å². The van der Waals surface area contributed by atoms with Crippen LogP contribution < -0.4 is 0 Å². The molecule has 0 amide bonds. The number of hydrogen-bond acceptors (Lipinski definition) is 1. The molecular formula is C16H32O. The fourth-order valence-corrected chi connectivity index (χ4v) is 3.94. The highest BCUT2D eigenvalue weighted by molar-refractivity contribution is 5.05. The van der Waals surface area contributed by atoms with E-state index in [0.717, 1.165) is 30.3 Å². The van der Waals surface area contributed by atoms with Gasteiger partial charge in [0.05, 0.1) is 0 Å². The zero-order valence-corrected chi connectivity index (χ0v) is 12.8. The number of hydrogen-bond donors (Lipinski definition) is 0. The van der Waals surface area contributed by atoms with E-state index in [9.17, 15) is 0 Å². The average molecular weight is 240 g/mol. The van der Waals surface area contributed by atoms with Gasteiger partial charge < -0.3 is 4.74 Å². The first kappa shape index (κ1) is 15.0. The van der Waals surface area contributed by atoms with Crippen molar-refractivity contribution >= 4 is 0 Å². The molecule has 0 radical (unpaired) electrons. The maximum Gasteiger partial charge on any atom is 0.0465 e. The first-order valence-corrected chi connectivity index (χ1v) is 7.47. The summed E-state index contributed by atoms with van der Waals surface area (Å²) in [5.74, 6) is 3.85. The second-order valence-corrected chi connectivity index (χ2v) is 6.73. The molecule has 3 fully saturated rings. The minimum Gasteiger partial charge on any atom is -0.385 e. The molecule has 102 valence electrons. The van der Waals surface area contributed by atoms with E-state index in [1.807, 2.05) is 7.11 Å². The van der Waals surface area contributed by atoms with Gasteiger partial charge in [0.15, 0.2) is 0 Å². The summed E-state index contributed by atoms with van der Waals surface area (Å²) in [6, 6.07) is 0. The van der Waals surface area contributed by atoms with Gasteiger partial charge >= 0.3 is 0 Å². The van der Waals surface area contributed by atoms with E-state index in [2.05, 4.69) is 34.6 Å². The summed E-state index contributed by atoms with van der Waals surface area (Å²) in [5.41, 5.74) is 0.630. The van der Waals surface area contributed by atoms with E-state index in [0.29, 0.717) is 5.41 Å². The van der Waals surface area contributed by atoms with Gasteiger partial charge in [-0.25, -0.2) is 0 Å². The molecular weight excluding hydrogens is 208 g/mol. The maximum absolute atomic E-state index is 5.23. The minimum absolute atomic E-state index is 0.630. The molecule has 0 saturated heterocycles. The number of ether oxygens (including phenoxy) is 1. The van der Waals surface area contributed by atoms with Crippen molar-refractivity contribution < 1.29 is 4.74 Å². The third-order valence-corrected chi connectivity index (χ3v) is 5.11. The van der Waals surface area contributed by atoms with E-state index in [4.69, 9.17) is 4.74 Å². The molecule has 3 rings (SSSR count). The molecule has 3 saturated carbocycles. The van der Waals surface area contributed by atoms with Crippen LogP contribution in [0, 0.1) is 29.1 Å². The fourth-order valence-electron chi connectivity index (χ4n) is 3.94. The topological polar surface area (TPSA) is 9.23 Å². The Morgan fingerprint density at radius 3 is 2.24 bits per heavy atom. The van der Waals surface area contributed by atoms with Crippen molar-refractivity contribution in [3.05, 3.63) is 0 Å². The number of fused-ring (bicyclic) bond motifs is 2. The van der Waals surface area contributed by atoms with E-state index >= 15 is 0 Å². The Hall–Kier alpha value is -0.0400. The van der Waals surface area contributed by atoms with Gasteiger partial charge in [-0.05, 0) is 48.3 Å². The third kappa shape index (κ3) is 3.05. The van der Waals surface area contributed by atoms with Crippen LogP contribution in [0.4, 0.5) is 0 Å². The smallest absolute Gasteiger partial charge is 0.0465 e. The van der Waals surface area contributed by atoms with Crippen molar-refractivity contribution in [1.82, 2.24) is 0 Å². The Balaban J connectivity index is 0.000000437. The molecule has 1 nitrogen and oxygen atoms in total. The lowest BCUT2D eigenvalue weighted by molar-refractivity contribution is -0.135. The molecule has 3 aliphatic rings. The Morgan fingerprint density at radius 1 is 1.18 bits per heavy atom. The lowest BCUT2D eigenvalue weighted by Gasteiger charge is -2.62. The summed E-state index contributed by atoms with van der Waals surface area (Å²) in [6.45, 7) is 12.6. The van der Waals surface area contributed by atoms with Gasteiger partial charge in [-0.2, -0.15) is 0 Å². The number of rotatable bonds is 3. The van der Waals surface area contributed by atoms with Gasteiger partial charge in [0.1, 0.15) is 0 Å². The average Bonchev–Trinajstić information content (AvgIpc) is 2.28. The highest BCUT2D eigenvalue weighted by Crippen LogP contribution is 2.63. The molecule has 0 aromatic heterocycles. The summed E-state index contributed by atoms with van der Waals surface area (Å²) in [4.78, 5) is 0. The van der Waals surface area contributed by atoms with Crippen LogP contribution in [0.15, 0.2) is 0 Å². The maximum atomic E-state index is 5.23. The number of methoxy groups -OCH3 is 1. The highest BCUT2D eigenvalue weighted by atomic mass is 16.5. The van der Waals surface area contributed by atoms with Crippen molar-refractivity contribution in [2.75, 3.05) is 13.7 Å². The second-order valence-electron chi connectivity index (χ2n) is 6.73. The molecule has 0 spiro atoms. The predicted molar refractivity (Wildman–Crippen MR) is 75.1 cm³/mol. The van der Waals surface area contributed by atoms with Crippen LogP contribution in [0.2, 0.25) is 0 Å². The minimum atomic E-state index is 0.630. The Morgan fingerprint density at radius 2 is 1.76 bits per heavy atom. The van der Waals surface area contributed by atoms with E-state index < -0.39 is 0 Å². The van der Waals surface area contributed by atoms with Gasteiger partial charge in [-0.15, -0.1) is 0 Å². The quantitative estimate of drug-likeness (QED) is 0.691. The van der Waals surface area contributed by atoms with E-state index in [1.165, 1.54) is 25.7 Å². The van der Waals surface area contributed by atoms with Crippen LogP contribution in [0.5, 0.6) is 0 Å². The molecule has 0 N–H and O–H groups in total. The summed E-state index contributed by atoms with van der Waals surface area (Å²) in [5, 5.41) is 0. The molecule has 2 bridgehead atoms. The predicted octanol–water partition coefficient (Wildman–Crippen LogP) is 4.76. The summed E-state index contributed by atoms with van der Waals surface area (Å²) in [6.07, 6.45) is 5.47. The molecule has 0 aromatic rings. The van der Waals surface area contributed by atoms with Crippen molar-refractivity contribution in [2.45, 2.75) is 60.3 Å². The zero-order chi connectivity index (χ0) is 13.1.